The van der Waals surface area contributed by atoms with E-state index in [0.717, 1.165) is 0 Å². The smallest absolute Gasteiger partial charge is 0.0395 e. The summed E-state index contributed by atoms with van der Waals surface area (Å²) in [5.41, 5.74) is 2.87. The highest BCUT2D eigenvalue weighted by Crippen LogP contribution is 2.21. The molecule has 0 bridgehead atoms. The van der Waals surface area contributed by atoms with Gasteiger partial charge in [0.25, 0.3) is 0 Å². The van der Waals surface area contributed by atoms with Crippen molar-refractivity contribution in [2.75, 3.05) is 18.0 Å². The molecule has 0 aliphatic heterocycles. The van der Waals surface area contributed by atoms with E-state index in [0.29, 0.717) is 0 Å². The molecule has 1 rings (SSSR count). The van der Waals surface area contributed by atoms with Crippen LogP contribution in [0.3, 0.4) is 0 Å². The van der Waals surface area contributed by atoms with E-state index in [2.05, 4.69) is 49.9 Å². The largest absolute Gasteiger partial charge is 0.371 e. The third-order valence-electron chi connectivity index (χ3n) is 4.52. The highest BCUT2D eigenvalue weighted by atomic mass is 15.1. The molecule has 1 nitrogen and oxygen atoms in total. The average Bonchev–Trinajstić information content (AvgIpc) is 2.53. The van der Waals surface area contributed by atoms with E-state index in [4.69, 9.17) is 0 Å². The summed E-state index contributed by atoms with van der Waals surface area (Å²) in [5.74, 6) is 0. The van der Waals surface area contributed by atoms with Gasteiger partial charge in [0.05, 0.1) is 0 Å². The van der Waals surface area contributed by atoms with Gasteiger partial charge >= 0.3 is 0 Å². The van der Waals surface area contributed by atoms with Crippen molar-refractivity contribution < 1.29 is 0 Å². The van der Waals surface area contributed by atoms with Crippen LogP contribution in [0.1, 0.15) is 83.6 Å². The molecule has 0 radical (unpaired) electrons. The molecule has 0 N–H and O–H groups in total. The first-order chi connectivity index (χ1) is 10.8. The Kier molecular flexibility index (Phi) is 10.9. The number of hydrogen-bond acceptors (Lipinski definition) is 1. The molecule has 0 saturated heterocycles. The van der Waals surface area contributed by atoms with E-state index in [1.165, 1.54) is 88.5 Å². The van der Waals surface area contributed by atoms with E-state index in [1.54, 1.807) is 0 Å². The summed E-state index contributed by atoms with van der Waals surface area (Å²) in [4.78, 5) is 2.62. The van der Waals surface area contributed by atoms with E-state index in [9.17, 15) is 0 Å². The Labute approximate surface area is 139 Å². The molecule has 0 fully saturated rings. The number of benzene rings is 1. The van der Waals surface area contributed by atoms with Crippen LogP contribution in [0, 0.1) is 6.92 Å². The molecular weight excluding hydrogens is 266 g/mol. The average molecular weight is 304 g/mol. The normalized spacial score (nSPS) is 10.9. The van der Waals surface area contributed by atoms with Gasteiger partial charge in [0, 0.05) is 18.8 Å². The lowest BCUT2D eigenvalue weighted by Gasteiger charge is -2.26. The third-order valence-corrected chi connectivity index (χ3v) is 4.52. The van der Waals surface area contributed by atoms with Gasteiger partial charge in [0.1, 0.15) is 0 Å². The minimum atomic E-state index is 1.22. The number of nitrogens with zero attached hydrogens (tertiary/aromatic N) is 1. The summed E-state index contributed by atoms with van der Waals surface area (Å²) >= 11 is 0. The Balaban J connectivity index is 2.37. The third kappa shape index (κ3) is 7.87. The standard InChI is InChI=1S/C21H37N/c1-4-6-8-9-10-11-15-19-22(18-14-7-5-2)21-17-13-12-16-20(21)3/h12-13,16-17H,4-11,14-15,18-19H2,1-3H3. The molecule has 0 aliphatic rings. The van der Waals surface area contributed by atoms with Crippen LogP contribution in [0.5, 0.6) is 0 Å². The molecule has 0 aromatic heterocycles. The van der Waals surface area contributed by atoms with Crippen LogP contribution in [0.15, 0.2) is 24.3 Å². The summed E-state index contributed by atoms with van der Waals surface area (Å²) in [6.45, 7) is 9.26. The van der Waals surface area contributed by atoms with Crippen LogP contribution < -0.4 is 4.90 Å². The summed E-state index contributed by atoms with van der Waals surface area (Å²) in [6.07, 6.45) is 13.7. The Morgan fingerprint density at radius 2 is 1.18 bits per heavy atom. The van der Waals surface area contributed by atoms with Crippen molar-refractivity contribution in [3.05, 3.63) is 29.8 Å². The molecule has 0 amide bonds. The van der Waals surface area contributed by atoms with Crippen molar-refractivity contribution >= 4 is 5.69 Å². The molecule has 0 atom stereocenters. The topological polar surface area (TPSA) is 3.24 Å². The van der Waals surface area contributed by atoms with Crippen LogP contribution >= 0.6 is 0 Å². The van der Waals surface area contributed by atoms with Crippen molar-refractivity contribution in [1.29, 1.82) is 0 Å². The van der Waals surface area contributed by atoms with Gasteiger partial charge < -0.3 is 4.90 Å². The van der Waals surface area contributed by atoms with Crippen molar-refractivity contribution in [3.63, 3.8) is 0 Å². The SMILES string of the molecule is CCCCCCCCCN(CCCCC)c1ccccc1C. The van der Waals surface area contributed by atoms with E-state index < -0.39 is 0 Å². The minimum absolute atomic E-state index is 1.22. The summed E-state index contributed by atoms with van der Waals surface area (Å²) < 4.78 is 0. The number of hydrogen-bond donors (Lipinski definition) is 0. The monoisotopic (exact) mass is 303 g/mol. The predicted molar refractivity (Wildman–Crippen MR) is 101 cm³/mol. The fourth-order valence-corrected chi connectivity index (χ4v) is 3.08. The molecule has 0 heterocycles. The lowest BCUT2D eigenvalue weighted by molar-refractivity contribution is 0.577. The summed E-state index contributed by atoms with van der Waals surface area (Å²) in [7, 11) is 0. The van der Waals surface area contributed by atoms with Gasteiger partial charge in [-0.3, -0.25) is 0 Å². The molecule has 0 unspecified atom stereocenters. The Morgan fingerprint density at radius 1 is 0.682 bits per heavy atom. The van der Waals surface area contributed by atoms with Gasteiger partial charge in [-0.05, 0) is 31.4 Å². The van der Waals surface area contributed by atoms with E-state index in [-0.39, 0.29) is 0 Å². The maximum Gasteiger partial charge on any atom is 0.0395 e. The summed E-state index contributed by atoms with van der Waals surface area (Å²) in [5, 5.41) is 0. The molecule has 1 aromatic carbocycles. The predicted octanol–water partition coefficient (Wildman–Crippen LogP) is 6.74. The molecule has 0 saturated carbocycles. The second kappa shape index (κ2) is 12.6. The highest BCUT2D eigenvalue weighted by Gasteiger charge is 2.08. The Bertz CT molecular complexity index is 372. The Hall–Kier alpha value is -0.980. The molecule has 22 heavy (non-hydrogen) atoms. The molecule has 126 valence electrons. The van der Waals surface area contributed by atoms with Crippen LogP contribution in [-0.2, 0) is 0 Å². The van der Waals surface area contributed by atoms with Crippen LogP contribution in [0.2, 0.25) is 0 Å². The minimum Gasteiger partial charge on any atom is -0.371 e. The highest BCUT2D eigenvalue weighted by molar-refractivity contribution is 5.52. The summed E-state index contributed by atoms with van der Waals surface area (Å²) in [6, 6.07) is 8.87. The van der Waals surface area contributed by atoms with Gasteiger partial charge in [-0.1, -0.05) is 83.4 Å². The first-order valence-electron chi connectivity index (χ1n) is 9.60. The first-order valence-corrected chi connectivity index (χ1v) is 9.60. The van der Waals surface area contributed by atoms with E-state index in [1.807, 2.05) is 0 Å². The lowest BCUT2D eigenvalue weighted by atomic mass is 10.1. The van der Waals surface area contributed by atoms with Gasteiger partial charge in [-0.15, -0.1) is 0 Å². The van der Waals surface area contributed by atoms with Crippen molar-refractivity contribution in [2.24, 2.45) is 0 Å². The number of anilines is 1. The number of unbranched alkanes of at least 4 members (excludes halogenated alkanes) is 8. The van der Waals surface area contributed by atoms with Crippen LogP contribution in [-0.4, -0.2) is 13.1 Å². The second-order valence-electron chi connectivity index (χ2n) is 6.60. The van der Waals surface area contributed by atoms with Gasteiger partial charge in [-0.25, -0.2) is 0 Å². The maximum absolute atomic E-state index is 2.62. The maximum atomic E-state index is 2.62. The molecule has 1 aromatic rings. The van der Waals surface area contributed by atoms with Crippen molar-refractivity contribution in [3.8, 4) is 0 Å². The van der Waals surface area contributed by atoms with Crippen LogP contribution in [0.4, 0.5) is 5.69 Å². The Morgan fingerprint density at radius 3 is 1.82 bits per heavy atom. The zero-order chi connectivity index (χ0) is 16.0. The number of para-hydroxylation sites is 1. The van der Waals surface area contributed by atoms with Crippen molar-refractivity contribution in [1.82, 2.24) is 0 Å². The fourth-order valence-electron chi connectivity index (χ4n) is 3.08. The zero-order valence-electron chi connectivity index (χ0n) is 15.2. The van der Waals surface area contributed by atoms with Gasteiger partial charge in [0.15, 0.2) is 0 Å². The molecule has 1 heteroatoms. The van der Waals surface area contributed by atoms with Gasteiger partial charge in [0.2, 0.25) is 0 Å². The zero-order valence-corrected chi connectivity index (χ0v) is 15.2. The van der Waals surface area contributed by atoms with E-state index >= 15 is 0 Å². The number of rotatable bonds is 13. The quantitative estimate of drug-likeness (QED) is 0.365. The van der Waals surface area contributed by atoms with Crippen LogP contribution in [0.25, 0.3) is 0 Å². The molecular formula is C21H37N. The molecule has 0 aliphatic carbocycles. The fraction of sp³-hybridized carbons (Fsp3) is 0.714. The first kappa shape index (κ1) is 19.1. The molecule has 0 spiro atoms. The van der Waals surface area contributed by atoms with Gasteiger partial charge in [-0.2, -0.15) is 0 Å². The lowest BCUT2D eigenvalue weighted by Crippen LogP contribution is -2.26. The van der Waals surface area contributed by atoms with Crippen molar-refractivity contribution in [2.45, 2.75) is 85.0 Å². The second-order valence-corrected chi connectivity index (χ2v) is 6.60. The number of aryl methyl sites for hydroxylation is 1.